The number of unbranched alkanes of at least 4 members (excludes halogenated alkanes) is 1. The van der Waals surface area contributed by atoms with Crippen molar-refractivity contribution in [3.63, 3.8) is 0 Å². The zero-order valence-corrected chi connectivity index (χ0v) is 11.1. The van der Waals surface area contributed by atoms with E-state index in [1.54, 1.807) is 7.05 Å². The number of amides is 3. The number of nitrogens with one attached hydrogen (secondary N) is 2. The summed E-state index contributed by atoms with van der Waals surface area (Å²) in [6.07, 6.45) is 1.83. The summed E-state index contributed by atoms with van der Waals surface area (Å²) < 4.78 is 4.46. The van der Waals surface area contributed by atoms with E-state index in [9.17, 15) is 14.4 Å². The molecule has 0 heterocycles. The van der Waals surface area contributed by atoms with Gasteiger partial charge < -0.3 is 10.1 Å². The van der Waals surface area contributed by atoms with Crippen molar-refractivity contribution >= 4 is 17.9 Å². The molecule has 0 aromatic heterocycles. The summed E-state index contributed by atoms with van der Waals surface area (Å²) in [6, 6.07) is -0.514. The van der Waals surface area contributed by atoms with Crippen LogP contribution in [0.2, 0.25) is 0 Å². The Bertz CT molecular complexity index is 294. The Morgan fingerprint density at radius 3 is 2.44 bits per heavy atom. The molecule has 0 radical (unpaired) electrons. The lowest BCUT2D eigenvalue weighted by molar-refractivity contribution is -0.141. The molecule has 0 bridgehead atoms. The average molecular weight is 259 g/mol. The van der Waals surface area contributed by atoms with E-state index in [-0.39, 0.29) is 13.1 Å². The number of hydrogen-bond acceptors (Lipinski definition) is 5. The first-order valence-corrected chi connectivity index (χ1v) is 5.82. The standard InChI is InChI=1S/C11H21N3O4/c1-4-5-6-12-11(17)13-9(15)7-14(2)8-10(16)18-3/h4-8H2,1-3H3,(H2,12,13,15,17). The minimum absolute atomic E-state index is 0.00136. The van der Waals surface area contributed by atoms with Crippen molar-refractivity contribution in [3.05, 3.63) is 0 Å². The van der Waals surface area contributed by atoms with Gasteiger partial charge in [0.1, 0.15) is 0 Å². The number of urea groups is 1. The van der Waals surface area contributed by atoms with Gasteiger partial charge in [-0.05, 0) is 13.5 Å². The summed E-state index contributed by atoms with van der Waals surface area (Å²) in [4.78, 5) is 35.0. The maximum Gasteiger partial charge on any atom is 0.321 e. The number of nitrogens with zero attached hydrogens (tertiary/aromatic N) is 1. The molecule has 7 nitrogen and oxygen atoms in total. The van der Waals surface area contributed by atoms with Gasteiger partial charge in [-0.1, -0.05) is 13.3 Å². The molecule has 0 spiro atoms. The number of carbonyl (C=O) groups excluding carboxylic acids is 3. The topological polar surface area (TPSA) is 87.7 Å². The molecular formula is C11H21N3O4. The highest BCUT2D eigenvalue weighted by molar-refractivity contribution is 5.95. The zero-order valence-electron chi connectivity index (χ0n) is 11.1. The Morgan fingerprint density at radius 1 is 1.22 bits per heavy atom. The number of carbonyl (C=O) groups is 3. The first-order chi connectivity index (χ1) is 8.49. The average Bonchev–Trinajstić information content (AvgIpc) is 2.28. The zero-order chi connectivity index (χ0) is 14.0. The van der Waals surface area contributed by atoms with Crippen LogP contribution in [0.4, 0.5) is 4.79 Å². The lowest BCUT2D eigenvalue weighted by Gasteiger charge is -2.14. The Hall–Kier alpha value is -1.63. The predicted molar refractivity (Wildman–Crippen MR) is 66.0 cm³/mol. The van der Waals surface area contributed by atoms with Gasteiger partial charge in [-0.3, -0.25) is 19.8 Å². The number of rotatable bonds is 7. The minimum atomic E-state index is -0.514. The van der Waals surface area contributed by atoms with Gasteiger partial charge in [-0.15, -0.1) is 0 Å². The largest absolute Gasteiger partial charge is 0.468 e. The smallest absolute Gasteiger partial charge is 0.321 e. The third-order valence-corrected chi connectivity index (χ3v) is 2.11. The van der Waals surface area contributed by atoms with E-state index < -0.39 is 17.9 Å². The molecule has 0 atom stereocenters. The molecule has 0 aliphatic rings. The van der Waals surface area contributed by atoms with Crippen molar-refractivity contribution in [1.82, 2.24) is 15.5 Å². The second-order valence-electron chi connectivity index (χ2n) is 3.91. The molecule has 0 aromatic carbocycles. The van der Waals surface area contributed by atoms with Crippen LogP contribution in [-0.2, 0) is 14.3 Å². The van der Waals surface area contributed by atoms with Gasteiger partial charge in [-0.2, -0.15) is 0 Å². The minimum Gasteiger partial charge on any atom is -0.468 e. The molecule has 2 N–H and O–H groups in total. The van der Waals surface area contributed by atoms with Crippen LogP contribution in [0.3, 0.4) is 0 Å². The van der Waals surface area contributed by atoms with Gasteiger partial charge in [0, 0.05) is 6.54 Å². The maximum atomic E-state index is 11.4. The molecule has 3 amide bonds. The summed E-state index contributed by atoms with van der Waals surface area (Å²) in [5, 5.41) is 4.74. The van der Waals surface area contributed by atoms with Crippen LogP contribution < -0.4 is 10.6 Å². The fourth-order valence-corrected chi connectivity index (χ4v) is 1.18. The van der Waals surface area contributed by atoms with Crippen LogP contribution in [-0.4, -0.2) is 56.6 Å². The third-order valence-electron chi connectivity index (χ3n) is 2.11. The lowest BCUT2D eigenvalue weighted by Crippen LogP contribution is -2.44. The summed E-state index contributed by atoms with van der Waals surface area (Å²) >= 11 is 0. The van der Waals surface area contributed by atoms with E-state index in [0.29, 0.717) is 6.54 Å². The van der Waals surface area contributed by atoms with Gasteiger partial charge in [0.05, 0.1) is 20.2 Å². The Kier molecular flexibility index (Phi) is 8.55. The maximum absolute atomic E-state index is 11.4. The summed E-state index contributed by atoms with van der Waals surface area (Å²) in [5.41, 5.74) is 0. The van der Waals surface area contributed by atoms with Crippen LogP contribution in [0, 0.1) is 0 Å². The molecule has 104 valence electrons. The number of methoxy groups -OCH3 is 1. The fraction of sp³-hybridized carbons (Fsp3) is 0.727. The van der Waals surface area contributed by atoms with Crippen LogP contribution >= 0.6 is 0 Å². The van der Waals surface area contributed by atoms with Crippen molar-refractivity contribution < 1.29 is 19.1 Å². The quantitative estimate of drug-likeness (QED) is 0.485. The number of esters is 1. The highest BCUT2D eigenvalue weighted by Crippen LogP contribution is 1.85. The predicted octanol–water partition coefficient (Wildman–Crippen LogP) is -0.283. The Morgan fingerprint density at radius 2 is 1.89 bits per heavy atom. The lowest BCUT2D eigenvalue weighted by atomic mass is 10.3. The number of hydrogen-bond donors (Lipinski definition) is 2. The number of ether oxygens (including phenoxy) is 1. The second kappa shape index (κ2) is 9.41. The van der Waals surface area contributed by atoms with E-state index in [4.69, 9.17) is 0 Å². The van der Waals surface area contributed by atoms with Crippen molar-refractivity contribution in [2.24, 2.45) is 0 Å². The Balaban J connectivity index is 3.81. The highest BCUT2D eigenvalue weighted by Gasteiger charge is 2.12. The van der Waals surface area contributed by atoms with E-state index >= 15 is 0 Å². The van der Waals surface area contributed by atoms with Crippen LogP contribution in [0.15, 0.2) is 0 Å². The first-order valence-electron chi connectivity index (χ1n) is 5.82. The van der Waals surface area contributed by atoms with Crippen molar-refractivity contribution in [3.8, 4) is 0 Å². The summed E-state index contributed by atoms with van der Waals surface area (Å²) in [7, 11) is 2.86. The SMILES string of the molecule is CCCCNC(=O)NC(=O)CN(C)CC(=O)OC. The number of likely N-dealkylation sites (N-methyl/N-ethyl adjacent to an activating group) is 1. The van der Waals surface area contributed by atoms with E-state index in [1.165, 1.54) is 12.0 Å². The molecule has 0 saturated carbocycles. The monoisotopic (exact) mass is 259 g/mol. The van der Waals surface area contributed by atoms with Crippen molar-refractivity contribution in [2.45, 2.75) is 19.8 Å². The molecule has 0 unspecified atom stereocenters. The summed E-state index contributed by atoms with van der Waals surface area (Å²) in [6.45, 7) is 2.50. The van der Waals surface area contributed by atoms with Crippen molar-refractivity contribution in [2.75, 3.05) is 33.8 Å². The van der Waals surface area contributed by atoms with Gasteiger partial charge in [0.15, 0.2) is 0 Å². The fourth-order valence-electron chi connectivity index (χ4n) is 1.18. The van der Waals surface area contributed by atoms with Gasteiger partial charge in [0.25, 0.3) is 0 Å². The van der Waals surface area contributed by atoms with Gasteiger partial charge >= 0.3 is 12.0 Å². The first kappa shape index (κ1) is 16.4. The highest BCUT2D eigenvalue weighted by atomic mass is 16.5. The third kappa shape index (κ3) is 8.51. The molecule has 0 fully saturated rings. The van der Waals surface area contributed by atoms with Gasteiger partial charge in [-0.25, -0.2) is 4.79 Å². The molecule has 0 rings (SSSR count). The van der Waals surface area contributed by atoms with Crippen LogP contribution in [0.1, 0.15) is 19.8 Å². The second-order valence-corrected chi connectivity index (χ2v) is 3.91. The molecule has 0 aliphatic carbocycles. The van der Waals surface area contributed by atoms with E-state index in [0.717, 1.165) is 12.8 Å². The van der Waals surface area contributed by atoms with Crippen molar-refractivity contribution in [1.29, 1.82) is 0 Å². The molecule has 7 heteroatoms. The van der Waals surface area contributed by atoms with E-state index in [2.05, 4.69) is 15.4 Å². The molecule has 18 heavy (non-hydrogen) atoms. The molecule has 0 aliphatic heterocycles. The normalized spacial score (nSPS) is 10.0. The summed E-state index contributed by atoms with van der Waals surface area (Å²) in [5.74, 6) is -0.895. The molecular weight excluding hydrogens is 238 g/mol. The van der Waals surface area contributed by atoms with Gasteiger partial charge in [0.2, 0.25) is 5.91 Å². The van der Waals surface area contributed by atoms with Crippen LogP contribution in [0.5, 0.6) is 0 Å². The Labute approximate surface area is 107 Å². The molecule has 0 aromatic rings. The van der Waals surface area contributed by atoms with E-state index in [1.807, 2.05) is 6.92 Å². The van der Waals surface area contributed by atoms with Crippen LogP contribution in [0.25, 0.3) is 0 Å². The molecule has 0 saturated heterocycles. The number of imide groups is 1.